The molecule has 0 bridgehead atoms. The molecule has 1 N–H and O–H groups in total. The van der Waals surface area contributed by atoms with Crippen LogP contribution in [0, 0.1) is 6.92 Å². The lowest BCUT2D eigenvalue weighted by atomic mass is 10.0. The van der Waals surface area contributed by atoms with Crippen molar-refractivity contribution in [2.45, 2.75) is 64.6 Å². The first-order chi connectivity index (χ1) is 14.5. The second-order valence-corrected chi connectivity index (χ2v) is 8.14. The number of carbonyl (C=O) groups is 2. The lowest BCUT2D eigenvalue weighted by Crippen LogP contribution is -2.50. The van der Waals surface area contributed by atoms with Gasteiger partial charge in [-0.05, 0) is 55.5 Å². The van der Waals surface area contributed by atoms with Crippen LogP contribution in [0.4, 0.5) is 0 Å². The summed E-state index contributed by atoms with van der Waals surface area (Å²) in [6.07, 6.45) is 4.62. The third-order valence-electron chi connectivity index (χ3n) is 5.96. The summed E-state index contributed by atoms with van der Waals surface area (Å²) in [5.74, 6) is 0.603. The van der Waals surface area contributed by atoms with E-state index >= 15 is 0 Å². The molecule has 5 nitrogen and oxygen atoms in total. The first-order valence-electron chi connectivity index (χ1n) is 10.7. The van der Waals surface area contributed by atoms with Crippen molar-refractivity contribution in [2.75, 3.05) is 7.11 Å². The van der Waals surface area contributed by atoms with Crippen LogP contribution in [0.5, 0.6) is 5.75 Å². The normalized spacial score (nSPS) is 14.9. The van der Waals surface area contributed by atoms with Crippen LogP contribution in [-0.4, -0.2) is 35.9 Å². The summed E-state index contributed by atoms with van der Waals surface area (Å²) in [5, 5.41) is 3.14. The van der Waals surface area contributed by atoms with Crippen LogP contribution in [0.1, 0.15) is 49.3 Å². The molecule has 0 aromatic heterocycles. The topological polar surface area (TPSA) is 58.6 Å². The molecule has 160 valence electrons. The molecule has 1 saturated carbocycles. The van der Waals surface area contributed by atoms with Gasteiger partial charge in [-0.2, -0.15) is 0 Å². The summed E-state index contributed by atoms with van der Waals surface area (Å²) < 4.78 is 5.32. The fourth-order valence-electron chi connectivity index (χ4n) is 4.01. The monoisotopic (exact) mass is 408 g/mol. The minimum Gasteiger partial charge on any atom is -0.497 e. The van der Waals surface area contributed by atoms with Gasteiger partial charge in [0.1, 0.15) is 11.8 Å². The summed E-state index contributed by atoms with van der Waals surface area (Å²) in [5.41, 5.74) is 3.00. The smallest absolute Gasteiger partial charge is 0.242 e. The number of benzene rings is 2. The Kier molecular flexibility index (Phi) is 7.50. The van der Waals surface area contributed by atoms with Gasteiger partial charge in [0.2, 0.25) is 11.8 Å². The maximum absolute atomic E-state index is 13.3. The Balaban J connectivity index is 1.79. The molecule has 1 fully saturated rings. The number of hydrogen-bond donors (Lipinski definition) is 1. The minimum absolute atomic E-state index is 0.0545. The molecule has 1 atom stereocenters. The van der Waals surface area contributed by atoms with Crippen LogP contribution in [0.25, 0.3) is 0 Å². The average Bonchev–Trinajstić information content (AvgIpc) is 3.26. The van der Waals surface area contributed by atoms with Crippen LogP contribution >= 0.6 is 0 Å². The molecule has 5 heteroatoms. The van der Waals surface area contributed by atoms with Crippen LogP contribution in [-0.2, 0) is 22.6 Å². The van der Waals surface area contributed by atoms with Gasteiger partial charge in [-0.1, -0.05) is 49.2 Å². The molecular formula is C25H32N2O3. The second kappa shape index (κ2) is 10.3. The van der Waals surface area contributed by atoms with Gasteiger partial charge in [-0.25, -0.2) is 0 Å². The van der Waals surface area contributed by atoms with Crippen molar-refractivity contribution in [1.29, 1.82) is 0 Å². The molecule has 1 aliphatic rings. The SMILES string of the molecule is COc1cccc(CN(C(=O)Cc2ccccc2C)C(C)C(=O)NC2CCCC2)c1. The van der Waals surface area contributed by atoms with E-state index in [-0.39, 0.29) is 24.3 Å². The zero-order chi connectivity index (χ0) is 21.5. The Bertz CT molecular complexity index is 874. The van der Waals surface area contributed by atoms with Gasteiger partial charge < -0.3 is 15.0 Å². The number of methoxy groups -OCH3 is 1. The van der Waals surface area contributed by atoms with Gasteiger partial charge in [0.15, 0.2) is 0 Å². The highest BCUT2D eigenvalue weighted by Crippen LogP contribution is 2.20. The molecule has 0 heterocycles. The van der Waals surface area contributed by atoms with Crippen molar-refractivity contribution in [3.8, 4) is 5.75 Å². The summed E-state index contributed by atoms with van der Waals surface area (Å²) in [7, 11) is 1.62. The molecule has 0 spiro atoms. The van der Waals surface area contributed by atoms with Crippen molar-refractivity contribution >= 4 is 11.8 Å². The molecule has 0 radical (unpaired) electrons. The highest BCUT2D eigenvalue weighted by molar-refractivity contribution is 5.88. The minimum atomic E-state index is -0.548. The number of carbonyl (C=O) groups excluding carboxylic acids is 2. The molecular weight excluding hydrogens is 376 g/mol. The molecule has 30 heavy (non-hydrogen) atoms. The zero-order valence-electron chi connectivity index (χ0n) is 18.2. The molecule has 2 amide bonds. The van der Waals surface area contributed by atoms with Crippen LogP contribution in [0.15, 0.2) is 48.5 Å². The Hall–Kier alpha value is -2.82. The number of rotatable bonds is 8. The van der Waals surface area contributed by atoms with Crippen LogP contribution in [0.2, 0.25) is 0 Å². The van der Waals surface area contributed by atoms with E-state index in [1.54, 1.807) is 12.0 Å². The number of amides is 2. The van der Waals surface area contributed by atoms with E-state index in [9.17, 15) is 9.59 Å². The number of ether oxygens (including phenoxy) is 1. The first-order valence-corrected chi connectivity index (χ1v) is 10.7. The van der Waals surface area contributed by atoms with Crippen molar-refractivity contribution < 1.29 is 14.3 Å². The summed E-state index contributed by atoms with van der Waals surface area (Å²) in [4.78, 5) is 28.0. The molecule has 3 rings (SSSR count). The van der Waals surface area contributed by atoms with E-state index in [2.05, 4.69) is 5.32 Å². The summed E-state index contributed by atoms with van der Waals surface area (Å²) in [6, 6.07) is 15.2. The third-order valence-corrected chi connectivity index (χ3v) is 5.96. The largest absolute Gasteiger partial charge is 0.497 e. The predicted octanol–water partition coefficient (Wildman–Crippen LogP) is 4.02. The number of nitrogens with one attached hydrogen (secondary N) is 1. The fourth-order valence-corrected chi connectivity index (χ4v) is 4.01. The molecule has 0 aliphatic heterocycles. The molecule has 1 unspecified atom stereocenters. The van der Waals surface area contributed by atoms with Gasteiger partial charge in [0.05, 0.1) is 13.5 Å². The third kappa shape index (κ3) is 5.62. The van der Waals surface area contributed by atoms with Gasteiger partial charge in [-0.3, -0.25) is 9.59 Å². The Morgan fingerprint density at radius 1 is 1.13 bits per heavy atom. The zero-order valence-corrected chi connectivity index (χ0v) is 18.2. The van der Waals surface area contributed by atoms with Gasteiger partial charge >= 0.3 is 0 Å². The van der Waals surface area contributed by atoms with Gasteiger partial charge in [0.25, 0.3) is 0 Å². The van der Waals surface area contributed by atoms with E-state index < -0.39 is 6.04 Å². The lowest BCUT2D eigenvalue weighted by molar-refractivity contribution is -0.140. The lowest BCUT2D eigenvalue weighted by Gasteiger charge is -2.30. The Morgan fingerprint density at radius 3 is 2.57 bits per heavy atom. The van der Waals surface area contributed by atoms with Crippen molar-refractivity contribution in [3.05, 3.63) is 65.2 Å². The maximum Gasteiger partial charge on any atom is 0.242 e. The Labute approximate surface area is 179 Å². The predicted molar refractivity (Wildman–Crippen MR) is 118 cm³/mol. The molecule has 1 aliphatic carbocycles. The molecule has 0 saturated heterocycles. The van der Waals surface area contributed by atoms with Crippen molar-refractivity contribution in [3.63, 3.8) is 0 Å². The van der Waals surface area contributed by atoms with E-state index in [0.717, 1.165) is 48.1 Å². The van der Waals surface area contributed by atoms with E-state index in [1.807, 2.05) is 62.4 Å². The Morgan fingerprint density at radius 2 is 1.87 bits per heavy atom. The van der Waals surface area contributed by atoms with Gasteiger partial charge in [-0.15, -0.1) is 0 Å². The number of nitrogens with zero attached hydrogens (tertiary/aromatic N) is 1. The summed E-state index contributed by atoms with van der Waals surface area (Å²) in [6.45, 7) is 4.19. The quantitative estimate of drug-likeness (QED) is 0.718. The molecule has 2 aromatic rings. The average molecular weight is 409 g/mol. The number of hydrogen-bond acceptors (Lipinski definition) is 3. The standard InChI is InChI=1S/C25H32N2O3/c1-18-9-4-5-11-21(18)16-24(28)27(17-20-10-8-14-23(15-20)30-3)19(2)25(29)26-22-12-6-7-13-22/h4-5,8-11,14-15,19,22H,6-7,12-13,16-17H2,1-3H3,(H,26,29). The highest BCUT2D eigenvalue weighted by atomic mass is 16.5. The molecule has 2 aromatic carbocycles. The van der Waals surface area contributed by atoms with Crippen LogP contribution in [0.3, 0.4) is 0 Å². The number of aryl methyl sites for hydroxylation is 1. The van der Waals surface area contributed by atoms with E-state index in [4.69, 9.17) is 4.74 Å². The first kappa shape index (κ1) is 21.9. The highest BCUT2D eigenvalue weighted by Gasteiger charge is 2.28. The van der Waals surface area contributed by atoms with E-state index in [1.165, 1.54) is 0 Å². The fraction of sp³-hybridized carbons (Fsp3) is 0.440. The summed E-state index contributed by atoms with van der Waals surface area (Å²) >= 11 is 0. The van der Waals surface area contributed by atoms with Crippen molar-refractivity contribution in [2.24, 2.45) is 0 Å². The second-order valence-electron chi connectivity index (χ2n) is 8.14. The maximum atomic E-state index is 13.3. The van der Waals surface area contributed by atoms with Gasteiger partial charge in [0, 0.05) is 12.6 Å². The van der Waals surface area contributed by atoms with Crippen molar-refractivity contribution in [1.82, 2.24) is 10.2 Å². The van der Waals surface area contributed by atoms with Crippen LogP contribution < -0.4 is 10.1 Å². The van der Waals surface area contributed by atoms with E-state index in [0.29, 0.717) is 6.54 Å².